The molecule has 0 radical (unpaired) electrons. The summed E-state index contributed by atoms with van der Waals surface area (Å²) in [6.45, 7) is 4.99. The predicted octanol–water partition coefficient (Wildman–Crippen LogP) is 3.03. The van der Waals surface area contributed by atoms with Crippen molar-refractivity contribution < 1.29 is 5.11 Å². The highest BCUT2D eigenvalue weighted by molar-refractivity contribution is 8.01. The van der Waals surface area contributed by atoms with Gasteiger partial charge in [-0.15, -0.1) is 23.1 Å². The first-order valence-electron chi connectivity index (χ1n) is 5.86. The molecule has 2 rings (SSSR count). The van der Waals surface area contributed by atoms with E-state index in [2.05, 4.69) is 23.7 Å². The van der Waals surface area contributed by atoms with E-state index in [0.29, 0.717) is 17.8 Å². The van der Waals surface area contributed by atoms with Crippen LogP contribution in [0, 0.1) is 0 Å². The number of aliphatic hydroxyl groups is 1. The Morgan fingerprint density at radius 2 is 2.44 bits per heavy atom. The molecule has 1 aromatic rings. The quantitative estimate of drug-likeness (QED) is 0.869. The molecule has 0 aromatic carbocycles. The van der Waals surface area contributed by atoms with Gasteiger partial charge in [-0.2, -0.15) is 0 Å². The molecule has 90 valence electrons. The summed E-state index contributed by atoms with van der Waals surface area (Å²) in [6.07, 6.45) is 1.76. The maximum Gasteiger partial charge on any atom is 0.0662 e. The van der Waals surface area contributed by atoms with E-state index in [1.165, 1.54) is 9.77 Å². The van der Waals surface area contributed by atoms with E-state index in [1.54, 1.807) is 0 Å². The van der Waals surface area contributed by atoms with Gasteiger partial charge in [-0.3, -0.25) is 0 Å². The summed E-state index contributed by atoms with van der Waals surface area (Å²) in [4.78, 5) is 0. The van der Waals surface area contributed by atoms with Gasteiger partial charge >= 0.3 is 0 Å². The minimum atomic E-state index is -0.216. The van der Waals surface area contributed by atoms with Crippen LogP contribution in [0.25, 0.3) is 0 Å². The van der Waals surface area contributed by atoms with Crippen LogP contribution in [0.1, 0.15) is 38.3 Å². The van der Waals surface area contributed by atoms with Crippen molar-refractivity contribution in [1.29, 1.82) is 0 Å². The Kier molecular flexibility index (Phi) is 4.30. The number of nitrogens with one attached hydrogen (secondary N) is 1. The van der Waals surface area contributed by atoms with Gasteiger partial charge in [0.2, 0.25) is 0 Å². The normalized spacial score (nSPS) is 26.4. The van der Waals surface area contributed by atoms with Crippen LogP contribution in [0.15, 0.2) is 15.7 Å². The van der Waals surface area contributed by atoms with Gasteiger partial charge in [-0.1, -0.05) is 13.8 Å². The van der Waals surface area contributed by atoms with Crippen LogP contribution in [0.4, 0.5) is 0 Å². The number of fused-ring (bicyclic) bond motifs is 1. The van der Waals surface area contributed by atoms with E-state index in [4.69, 9.17) is 0 Å². The van der Waals surface area contributed by atoms with Crippen molar-refractivity contribution in [3.05, 3.63) is 17.0 Å². The zero-order valence-electron chi connectivity index (χ0n) is 9.77. The number of hydrogen-bond donors (Lipinski definition) is 2. The molecular formula is C12H19NOS2. The van der Waals surface area contributed by atoms with E-state index >= 15 is 0 Å². The van der Waals surface area contributed by atoms with Gasteiger partial charge in [0.15, 0.2) is 0 Å². The molecule has 3 atom stereocenters. The third kappa shape index (κ3) is 2.80. The zero-order chi connectivity index (χ0) is 11.5. The molecule has 0 amide bonds. The Morgan fingerprint density at radius 3 is 3.19 bits per heavy atom. The maximum atomic E-state index is 9.59. The Hall–Kier alpha value is -0.0300. The summed E-state index contributed by atoms with van der Waals surface area (Å²) in [7, 11) is 0. The van der Waals surface area contributed by atoms with Gasteiger partial charge in [-0.25, -0.2) is 0 Å². The van der Waals surface area contributed by atoms with Gasteiger partial charge in [0.05, 0.1) is 10.3 Å². The van der Waals surface area contributed by atoms with E-state index < -0.39 is 0 Å². The van der Waals surface area contributed by atoms with Crippen LogP contribution in [0.2, 0.25) is 0 Å². The second kappa shape index (κ2) is 5.54. The largest absolute Gasteiger partial charge is 0.392 e. The van der Waals surface area contributed by atoms with E-state index in [9.17, 15) is 5.11 Å². The molecule has 1 aromatic heterocycles. The summed E-state index contributed by atoms with van der Waals surface area (Å²) in [5.74, 6) is 0. The summed E-state index contributed by atoms with van der Waals surface area (Å²) in [6, 6.07) is 2.65. The molecule has 0 aliphatic carbocycles. The van der Waals surface area contributed by atoms with E-state index in [1.807, 2.05) is 30.0 Å². The van der Waals surface area contributed by atoms with Crippen LogP contribution in [-0.2, 0) is 0 Å². The Bertz CT molecular complexity index is 340. The van der Waals surface area contributed by atoms with Crippen molar-refractivity contribution in [3.63, 3.8) is 0 Å². The smallest absolute Gasteiger partial charge is 0.0662 e. The fourth-order valence-corrected chi connectivity index (χ4v) is 4.53. The van der Waals surface area contributed by atoms with Crippen LogP contribution >= 0.6 is 23.1 Å². The second-order valence-electron chi connectivity index (χ2n) is 4.35. The van der Waals surface area contributed by atoms with Crippen LogP contribution in [-0.4, -0.2) is 23.0 Å². The van der Waals surface area contributed by atoms with Crippen LogP contribution < -0.4 is 5.32 Å². The lowest BCUT2D eigenvalue weighted by Gasteiger charge is -2.28. The first-order valence-corrected chi connectivity index (χ1v) is 7.62. The molecule has 0 saturated heterocycles. The summed E-state index contributed by atoms with van der Waals surface area (Å²) < 4.78 is 1.45. The second-order valence-corrected chi connectivity index (χ2v) is 6.97. The summed E-state index contributed by atoms with van der Waals surface area (Å²) in [5, 5.41) is 15.9. The first-order chi connectivity index (χ1) is 7.70. The SMILES string of the molecule is CCC(O)CNC1C[C@H](C)Sc2sccc21. The average molecular weight is 257 g/mol. The van der Waals surface area contributed by atoms with Crippen molar-refractivity contribution in [2.75, 3.05) is 6.54 Å². The molecular weight excluding hydrogens is 238 g/mol. The van der Waals surface area contributed by atoms with Crippen molar-refractivity contribution in [1.82, 2.24) is 5.32 Å². The number of thiophene rings is 1. The van der Waals surface area contributed by atoms with E-state index in [0.717, 1.165) is 12.8 Å². The lowest BCUT2D eigenvalue weighted by molar-refractivity contribution is 0.162. The molecule has 16 heavy (non-hydrogen) atoms. The molecule has 4 heteroatoms. The Morgan fingerprint density at radius 1 is 1.62 bits per heavy atom. The molecule has 1 aliphatic rings. The highest BCUT2D eigenvalue weighted by Gasteiger charge is 2.26. The van der Waals surface area contributed by atoms with Crippen molar-refractivity contribution >= 4 is 23.1 Å². The molecule has 2 unspecified atom stereocenters. The topological polar surface area (TPSA) is 32.3 Å². The lowest BCUT2D eigenvalue weighted by atomic mass is 10.0. The van der Waals surface area contributed by atoms with Gasteiger partial charge in [-0.05, 0) is 29.9 Å². The molecule has 0 spiro atoms. The van der Waals surface area contributed by atoms with Gasteiger partial charge in [0.1, 0.15) is 0 Å². The van der Waals surface area contributed by atoms with Crippen molar-refractivity contribution in [2.45, 2.75) is 48.3 Å². The number of thioether (sulfide) groups is 1. The average Bonchev–Trinajstić information content (AvgIpc) is 2.73. The summed E-state index contributed by atoms with van der Waals surface area (Å²) >= 11 is 3.81. The lowest BCUT2D eigenvalue weighted by Crippen LogP contribution is -2.32. The highest BCUT2D eigenvalue weighted by atomic mass is 32.2. The van der Waals surface area contributed by atoms with Crippen LogP contribution in [0.5, 0.6) is 0 Å². The fourth-order valence-electron chi connectivity index (χ4n) is 1.97. The summed E-state index contributed by atoms with van der Waals surface area (Å²) in [5.41, 5.74) is 1.43. The number of hydrogen-bond acceptors (Lipinski definition) is 4. The van der Waals surface area contributed by atoms with Crippen LogP contribution in [0.3, 0.4) is 0 Å². The molecule has 0 fully saturated rings. The third-order valence-corrected chi connectivity index (χ3v) is 5.32. The monoisotopic (exact) mass is 257 g/mol. The molecule has 0 bridgehead atoms. The van der Waals surface area contributed by atoms with E-state index in [-0.39, 0.29) is 6.10 Å². The van der Waals surface area contributed by atoms with Gasteiger partial charge < -0.3 is 10.4 Å². The Balaban J connectivity index is 2.00. The van der Waals surface area contributed by atoms with Crippen molar-refractivity contribution in [3.8, 4) is 0 Å². The minimum Gasteiger partial charge on any atom is -0.392 e. The molecule has 1 aliphatic heterocycles. The van der Waals surface area contributed by atoms with Crippen molar-refractivity contribution in [2.24, 2.45) is 0 Å². The fraction of sp³-hybridized carbons (Fsp3) is 0.667. The van der Waals surface area contributed by atoms with Gasteiger partial charge in [0.25, 0.3) is 0 Å². The predicted molar refractivity (Wildman–Crippen MR) is 71.3 cm³/mol. The standard InChI is InChI=1S/C12H19NOS2/c1-3-9(14)7-13-11-6-8(2)16-12-10(11)4-5-15-12/h4-5,8-9,11,13-14H,3,6-7H2,1-2H3/t8-,9?,11?/m0/s1. The Labute approximate surface area is 105 Å². The molecule has 0 saturated carbocycles. The zero-order valence-corrected chi connectivity index (χ0v) is 11.4. The highest BCUT2D eigenvalue weighted by Crippen LogP contribution is 2.43. The maximum absolute atomic E-state index is 9.59. The van der Waals surface area contributed by atoms with Gasteiger partial charge in [0, 0.05) is 17.8 Å². The minimum absolute atomic E-state index is 0.216. The first kappa shape index (κ1) is 12.4. The molecule has 2 heterocycles. The molecule has 2 N–H and O–H groups in total. The third-order valence-electron chi connectivity index (χ3n) is 2.98. The number of aliphatic hydroxyl groups excluding tert-OH is 1. The molecule has 2 nitrogen and oxygen atoms in total. The number of rotatable bonds is 4.